The summed E-state index contributed by atoms with van der Waals surface area (Å²) in [6.07, 6.45) is 1.80. The number of hydrogen-bond donors (Lipinski definition) is 2. The van der Waals surface area contributed by atoms with E-state index in [1.807, 2.05) is 0 Å². The van der Waals surface area contributed by atoms with Crippen molar-refractivity contribution in [1.82, 2.24) is 4.98 Å². The van der Waals surface area contributed by atoms with E-state index in [4.69, 9.17) is 5.11 Å². The van der Waals surface area contributed by atoms with E-state index in [0.29, 0.717) is 0 Å². The van der Waals surface area contributed by atoms with Crippen molar-refractivity contribution in [2.45, 2.75) is 24.4 Å². The third kappa shape index (κ3) is 1.39. The van der Waals surface area contributed by atoms with Gasteiger partial charge in [-0.05, 0) is 18.9 Å². The van der Waals surface area contributed by atoms with Gasteiger partial charge in [0.1, 0.15) is 11.2 Å². The number of aliphatic carboxylic acids is 1. The Hall–Kier alpha value is -1.49. The molecule has 15 heavy (non-hydrogen) atoms. The zero-order chi connectivity index (χ0) is 11.1. The Bertz CT molecular complexity index is 401. The molecule has 0 unspecified atom stereocenters. The van der Waals surface area contributed by atoms with Crippen LogP contribution in [0.1, 0.15) is 18.4 Å². The molecule has 0 aromatic carbocycles. The van der Waals surface area contributed by atoms with Gasteiger partial charge in [-0.25, -0.2) is 4.39 Å². The van der Waals surface area contributed by atoms with Gasteiger partial charge in [0.2, 0.25) is 0 Å². The van der Waals surface area contributed by atoms with Crippen LogP contribution < -0.4 is 0 Å². The lowest BCUT2D eigenvalue weighted by Crippen LogP contribution is -2.51. The minimum Gasteiger partial charge on any atom is -0.481 e. The number of carboxylic acid groups (broad SMARTS) is 1. The second-order valence-corrected chi connectivity index (χ2v) is 3.80. The van der Waals surface area contributed by atoms with Gasteiger partial charge in [-0.2, -0.15) is 0 Å². The summed E-state index contributed by atoms with van der Waals surface area (Å²) in [5, 5.41) is 18.3. The van der Waals surface area contributed by atoms with Crippen molar-refractivity contribution in [3.05, 3.63) is 29.8 Å². The second-order valence-electron chi connectivity index (χ2n) is 3.80. The summed E-state index contributed by atoms with van der Waals surface area (Å²) >= 11 is 0. The zero-order valence-electron chi connectivity index (χ0n) is 7.85. The molecule has 1 aromatic rings. The van der Waals surface area contributed by atoms with Crippen molar-refractivity contribution < 1.29 is 19.4 Å². The maximum absolute atomic E-state index is 13.4. The molecular formula is C10H10FNO3. The van der Waals surface area contributed by atoms with Crippen molar-refractivity contribution in [2.75, 3.05) is 0 Å². The van der Waals surface area contributed by atoms with Crippen molar-refractivity contribution in [3.8, 4) is 0 Å². The highest BCUT2D eigenvalue weighted by Crippen LogP contribution is 2.44. The number of halogens is 1. The predicted octanol–water partition coefficient (Wildman–Crippen LogP) is 0.698. The summed E-state index contributed by atoms with van der Waals surface area (Å²) in [4.78, 5) is 14.7. The molecule has 5 heteroatoms. The summed E-state index contributed by atoms with van der Waals surface area (Å²) in [6.45, 7) is 0. The van der Waals surface area contributed by atoms with Gasteiger partial charge >= 0.3 is 5.97 Å². The van der Waals surface area contributed by atoms with E-state index >= 15 is 0 Å². The molecule has 1 aliphatic carbocycles. The quantitative estimate of drug-likeness (QED) is 0.755. The van der Waals surface area contributed by atoms with E-state index in [-0.39, 0.29) is 18.4 Å². The average Bonchev–Trinajstić information content (AvgIpc) is 2.13. The van der Waals surface area contributed by atoms with Gasteiger partial charge < -0.3 is 10.2 Å². The van der Waals surface area contributed by atoms with Gasteiger partial charge in [-0.3, -0.25) is 9.78 Å². The van der Waals surface area contributed by atoms with Crippen molar-refractivity contribution in [2.24, 2.45) is 0 Å². The van der Waals surface area contributed by atoms with E-state index in [1.165, 1.54) is 12.3 Å². The van der Waals surface area contributed by atoms with E-state index in [2.05, 4.69) is 4.98 Å². The van der Waals surface area contributed by atoms with Crippen LogP contribution in [0.5, 0.6) is 0 Å². The van der Waals surface area contributed by atoms with Crippen LogP contribution in [0.3, 0.4) is 0 Å². The molecule has 1 saturated carbocycles. The summed E-state index contributed by atoms with van der Waals surface area (Å²) in [5.74, 6) is -1.73. The Morgan fingerprint density at radius 3 is 2.73 bits per heavy atom. The zero-order valence-corrected chi connectivity index (χ0v) is 7.85. The predicted molar refractivity (Wildman–Crippen MR) is 48.7 cm³/mol. The Labute approximate surface area is 85.4 Å². The number of carbonyl (C=O) groups is 1. The largest absolute Gasteiger partial charge is 0.481 e. The number of pyridine rings is 1. The highest BCUT2D eigenvalue weighted by Gasteiger charge is 2.52. The van der Waals surface area contributed by atoms with E-state index < -0.39 is 23.3 Å². The molecule has 1 fully saturated rings. The first-order valence-electron chi connectivity index (χ1n) is 4.58. The summed E-state index contributed by atoms with van der Waals surface area (Å²) in [5.41, 5.74) is -1.16. The number of nitrogens with zero attached hydrogens (tertiary/aromatic N) is 1. The average molecular weight is 211 g/mol. The standard InChI is InChI=1S/C10H10FNO3/c11-8-5-12-2-1-7(8)10(9(14)15)3-6(13)4-10/h1-2,5-6,13H,3-4H2,(H,14,15). The van der Waals surface area contributed by atoms with E-state index in [9.17, 15) is 14.3 Å². The number of rotatable bonds is 2. The highest BCUT2D eigenvalue weighted by atomic mass is 19.1. The number of carboxylic acids is 1. The van der Waals surface area contributed by atoms with Gasteiger partial charge in [-0.15, -0.1) is 0 Å². The number of hydrogen-bond acceptors (Lipinski definition) is 3. The van der Waals surface area contributed by atoms with Crippen LogP contribution >= 0.6 is 0 Å². The molecule has 0 saturated heterocycles. The third-order valence-electron chi connectivity index (χ3n) is 2.87. The molecule has 1 aliphatic rings. The Morgan fingerprint density at radius 2 is 2.27 bits per heavy atom. The van der Waals surface area contributed by atoms with Crippen molar-refractivity contribution in [3.63, 3.8) is 0 Å². The maximum atomic E-state index is 13.4. The molecule has 4 nitrogen and oxygen atoms in total. The number of aliphatic hydroxyl groups excluding tert-OH is 1. The first kappa shape index (κ1) is 10.0. The second kappa shape index (κ2) is 3.27. The monoisotopic (exact) mass is 211 g/mol. The minimum absolute atomic E-state index is 0.0588. The van der Waals surface area contributed by atoms with Crippen molar-refractivity contribution in [1.29, 1.82) is 0 Å². The van der Waals surface area contributed by atoms with E-state index in [0.717, 1.165) is 6.20 Å². The van der Waals surface area contributed by atoms with Gasteiger partial charge in [-0.1, -0.05) is 0 Å². The maximum Gasteiger partial charge on any atom is 0.314 e. The molecule has 0 bridgehead atoms. The Balaban J connectivity index is 2.43. The first-order chi connectivity index (χ1) is 7.06. The lowest BCUT2D eigenvalue weighted by molar-refractivity contribution is -0.153. The molecule has 1 heterocycles. The molecule has 1 aromatic heterocycles. The van der Waals surface area contributed by atoms with Crippen LogP contribution in [-0.2, 0) is 10.2 Å². The summed E-state index contributed by atoms with van der Waals surface area (Å²) in [6, 6.07) is 1.36. The topological polar surface area (TPSA) is 70.4 Å². The highest BCUT2D eigenvalue weighted by molar-refractivity contribution is 5.83. The molecule has 2 rings (SSSR count). The minimum atomic E-state index is -1.27. The number of aliphatic hydroxyl groups is 1. The molecule has 2 N–H and O–H groups in total. The lowest BCUT2D eigenvalue weighted by atomic mass is 9.63. The van der Waals surface area contributed by atoms with Crippen LogP contribution in [0.25, 0.3) is 0 Å². The van der Waals surface area contributed by atoms with Crippen LogP contribution in [0.4, 0.5) is 4.39 Å². The Kier molecular flexibility index (Phi) is 2.19. The SMILES string of the molecule is O=C(O)C1(c2ccncc2F)CC(O)C1. The van der Waals surface area contributed by atoms with Gasteiger partial charge in [0.05, 0.1) is 12.3 Å². The normalized spacial score (nSPS) is 29.6. The summed E-state index contributed by atoms with van der Waals surface area (Å²) in [7, 11) is 0. The smallest absolute Gasteiger partial charge is 0.314 e. The molecule has 0 spiro atoms. The fraction of sp³-hybridized carbons (Fsp3) is 0.400. The molecule has 0 radical (unpaired) electrons. The molecular weight excluding hydrogens is 201 g/mol. The van der Waals surface area contributed by atoms with Crippen molar-refractivity contribution >= 4 is 5.97 Å². The molecule has 0 atom stereocenters. The van der Waals surface area contributed by atoms with Crippen LogP contribution in [0.2, 0.25) is 0 Å². The number of aromatic nitrogens is 1. The van der Waals surface area contributed by atoms with Crippen LogP contribution in [-0.4, -0.2) is 27.3 Å². The Morgan fingerprint density at radius 1 is 1.60 bits per heavy atom. The summed E-state index contributed by atoms with van der Waals surface area (Å²) < 4.78 is 13.4. The molecule has 0 amide bonds. The molecule has 80 valence electrons. The fourth-order valence-electron chi connectivity index (χ4n) is 2.02. The van der Waals surface area contributed by atoms with E-state index in [1.54, 1.807) is 0 Å². The lowest BCUT2D eigenvalue weighted by Gasteiger charge is -2.41. The van der Waals surface area contributed by atoms with Crippen LogP contribution in [0.15, 0.2) is 18.5 Å². The van der Waals surface area contributed by atoms with Crippen LogP contribution in [0, 0.1) is 5.82 Å². The first-order valence-corrected chi connectivity index (χ1v) is 4.58. The third-order valence-corrected chi connectivity index (χ3v) is 2.87. The molecule has 0 aliphatic heterocycles. The van der Waals surface area contributed by atoms with Gasteiger partial charge in [0, 0.05) is 11.8 Å². The fourth-order valence-corrected chi connectivity index (χ4v) is 2.02. The van der Waals surface area contributed by atoms with Gasteiger partial charge in [0.15, 0.2) is 0 Å². The van der Waals surface area contributed by atoms with Gasteiger partial charge in [0.25, 0.3) is 0 Å².